The number of hydrazone groups is 1. The number of sulfonamides is 1. The van der Waals surface area contributed by atoms with Crippen molar-refractivity contribution in [3.8, 4) is 0 Å². The first-order valence-corrected chi connectivity index (χ1v) is 12.9. The van der Waals surface area contributed by atoms with Gasteiger partial charge in [0.1, 0.15) is 6.54 Å². The minimum atomic E-state index is -3.93. The van der Waals surface area contributed by atoms with Crippen LogP contribution in [0, 0.1) is 25.2 Å². The third-order valence-electron chi connectivity index (χ3n) is 6.41. The van der Waals surface area contributed by atoms with Gasteiger partial charge in [0, 0.05) is 5.71 Å². The lowest BCUT2D eigenvalue weighted by molar-refractivity contribution is -0.119. The van der Waals surface area contributed by atoms with Crippen molar-refractivity contribution < 1.29 is 13.2 Å². The summed E-state index contributed by atoms with van der Waals surface area (Å²) in [5.74, 6) is 0.183. The van der Waals surface area contributed by atoms with Crippen molar-refractivity contribution >= 4 is 27.3 Å². The fourth-order valence-electron chi connectivity index (χ4n) is 4.22. The van der Waals surface area contributed by atoms with Gasteiger partial charge in [0.25, 0.3) is 15.9 Å². The summed E-state index contributed by atoms with van der Waals surface area (Å²) < 4.78 is 28.1. The van der Waals surface area contributed by atoms with Gasteiger partial charge in [0.2, 0.25) is 0 Å². The molecule has 0 unspecified atom stereocenters. The summed E-state index contributed by atoms with van der Waals surface area (Å²) in [7, 11) is -3.93. The second-order valence-electron chi connectivity index (χ2n) is 9.96. The molecule has 0 atom stereocenters. The van der Waals surface area contributed by atoms with Gasteiger partial charge in [0.15, 0.2) is 0 Å². The highest BCUT2D eigenvalue weighted by Crippen LogP contribution is 2.36. The van der Waals surface area contributed by atoms with Crippen molar-refractivity contribution in [1.29, 1.82) is 0 Å². The molecule has 2 aromatic rings. The Balaban J connectivity index is 1.78. The fraction of sp³-hybridized carbons (Fsp3) is 0.462. The molecule has 3 rings (SSSR count). The molecule has 0 aliphatic heterocycles. The Morgan fingerprint density at radius 2 is 1.64 bits per heavy atom. The maximum Gasteiger partial charge on any atom is 0.264 e. The Kier molecular flexibility index (Phi) is 7.62. The largest absolute Gasteiger partial charge is 0.271 e. The number of nitrogens with one attached hydrogen (secondary N) is 1. The topological polar surface area (TPSA) is 78.8 Å². The molecule has 1 N–H and O–H groups in total. The van der Waals surface area contributed by atoms with Crippen molar-refractivity contribution in [2.75, 3.05) is 10.8 Å². The van der Waals surface area contributed by atoms with E-state index in [1.165, 1.54) is 4.31 Å². The molecule has 7 heteroatoms. The summed E-state index contributed by atoms with van der Waals surface area (Å²) in [4.78, 5) is 13.0. The van der Waals surface area contributed by atoms with Crippen LogP contribution >= 0.6 is 0 Å². The van der Waals surface area contributed by atoms with Crippen LogP contribution in [0.15, 0.2) is 58.5 Å². The molecule has 1 amide bonds. The van der Waals surface area contributed by atoms with Crippen LogP contribution in [0.3, 0.4) is 0 Å². The van der Waals surface area contributed by atoms with Crippen molar-refractivity contribution in [3.63, 3.8) is 0 Å². The van der Waals surface area contributed by atoms with E-state index in [2.05, 4.69) is 31.3 Å². The van der Waals surface area contributed by atoms with E-state index in [1.807, 2.05) is 26.0 Å². The number of para-hydroxylation sites is 1. The summed E-state index contributed by atoms with van der Waals surface area (Å²) in [6.45, 7) is 10.2. The quantitative estimate of drug-likeness (QED) is 0.590. The van der Waals surface area contributed by atoms with E-state index in [0.717, 1.165) is 42.5 Å². The van der Waals surface area contributed by atoms with Crippen molar-refractivity contribution in [2.24, 2.45) is 16.4 Å². The number of carbonyl (C=O) groups excluding carboxylic acids is 1. The number of benzene rings is 2. The molecule has 178 valence electrons. The minimum Gasteiger partial charge on any atom is -0.271 e. The van der Waals surface area contributed by atoms with Gasteiger partial charge >= 0.3 is 0 Å². The maximum absolute atomic E-state index is 13.5. The summed E-state index contributed by atoms with van der Waals surface area (Å²) in [5, 5.41) is 4.33. The highest BCUT2D eigenvalue weighted by atomic mass is 32.2. The van der Waals surface area contributed by atoms with E-state index in [9.17, 15) is 13.2 Å². The number of hydrogen-bond acceptors (Lipinski definition) is 4. The molecule has 0 spiro atoms. The predicted octanol–water partition coefficient (Wildman–Crippen LogP) is 5.21. The normalized spacial score (nSPS) is 16.9. The van der Waals surface area contributed by atoms with Gasteiger partial charge in [-0.05, 0) is 74.6 Å². The average molecular weight is 470 g/mol. The van der Waals surface area contributed by atoms with Gasteiger partial charge < -0.3 is 0 Å². The first-order chi connectivity index (χ1) is 15.5. The number of nitrogens with zero attached hydrogens (tertiary/aromatic N) is 2. The standard InChI is InChI=1S/C26H35N3O3S/c1-19-10-16-23(17-11-19)33(31,32)29(24-9-7-6-8-20(24)2)18-25(30)28-27-22-14-12-21(13-15-22)26(3,4)5/h6-11,16-17,21H,12-15,18H2,1-5H3,(H,28,30). The molecular formula is C26H35N3O3S. The molecule has 0 radical (unpaired) electrons. The lowest BCUT2D eigenvalue weighted by atomic mass is 9.72. The first-order valence-electron chi connectivity index (χ1n) is 11.5. The average Bonchev–Trinajstić information content (AvgIpc) is 2.76. The Hall–Kier alpha value is -2.67. The van der Waals surface area contributed by atoms with Crippen molar-refractivity contribution in [2.45, 2.75) is 65.2 Å². The molecule has 1 aliphatic carbocycles. The van der Waals surface area contributed by atoms with Gasteiger partial charge in [0.05, 0.1) is 10.6 Å². The third kappa shape index (κ3) is 6.22. The van der Waals surface area contributed by atoms with Crippen LogP contribution in [0.4, 0.5) is 5.69 Å². The molecule has 2 aromatic carbocycles. The summed E-state index contributed by atoms with van der Waals surface area (Å²) >= 11 is 0. The zero-order valence-corrected chi connectivity index (χ0v) is 21.1. The molecule has 0 heterocycles. The van der Waals surface area contributed by atoms with Gasteiger partial charge in [-0.15, -0.1) is 0 Å². The van der Waals surface area contributed by atoms with E-state index < -0.39 is 15.9 Å². The van der Waals surface area contributed by atoms with Crippen LogP contribution in [0.5, 0.6) is 0 Å². The van der Waals surface area contributed by atoms with Crippen molar-refractivity contribution in [3.05, 3.63) is 59.7 Å². The van der Waals surface area contributed by atoms with E-state index in [-0.39, 0.29) is 16.9 Å². The maximum atomic E-state index is 13.5. The van der Waals surface area contributed by atoms with Gasteiger partial charge in [-0.3, -0.25) is 9.10 Å². The van der Waals surface area contributed by atoms with E-state index >= 15 is 0 Å². The van der Waals surface area contributed by atoms with Crippen LogP contribution in [0.25, 0.3) is 0 Å². The lowest BCUT2D eigenvalue weighted by Gasteiger charge is -2.34. The summed E-state index contributed by atoms with van der Waals surface area (Å²) in [6, 6.07) is 13.8. The van der Waals surface area contributed by atoms with Crippen LogP contribution in [0.2, 0.25) is 0 Å². The van der Waals surface area contributed by atoms with Gasteiger partial charge in [-0.1, -0.05) is 56.7 Å². The molecule has 0 bridgehead atoms. The number of hydrogen-bond donors (Lipinski definition) is 1. The van der Waals surface area contributed by atoms with Crippen molar-refractivity contribution in [1.82, 2.24) is 5.43 Å². The monoisotopic (exact) mass is 469 g/mol. The number of anilines is 1. The van der Waals surface area contributed by atoms with Gasteiger partial charge in [-0.2, -0.15) is 5.10 Å². The third-order valence-corrected chi connectivity index (χ3v) is 8.18. The zero-order valence-electron chi connectivity index (χ0n) is 20.3. The lowest BCUT2D eigenvalue weighted by Crippen LogP contribution is -2.40. The van der Waals surface area contributed by atoms with Crippen LogP contribution in [-0.4, -0.2) is 26.6 Å². The second-order valence-corrected chi connectivity index (χ2v) is 11.8. The minimum absolute atomic E-state index is 0.149. The Labute approximate surface area is 198 Å². The Morgan fingerprint density at radius 3 is 2.21 bits per heavy atom. The molecule has 0 aromatic heterocycles. The SMILES string of the molecule is Cc1ccc(S(=O)(=O)N(CC(=O)NN=C2CCC(C(C)(C)C)CC2)c2ccccc2C)cc1. The zero-order chi connectivity index (χ0) is 24.2. The predicted molar refractivity (Wildman–Crippen MR) is 134 cm³/mol. The highest BCUT2D eigenvalue weighted by molar-refractivity contribution is 7.92. The number of carbonyl (C=O) groups is 1. The van der Waals surface area contributed by atoms with Crippen LogP contribution in [0.1, 0.15) is 57.6 Å². The molecular weight excluding hydrogens is 434 g/mol. The number of aryl methyl sites for hydroxylation is 2. The number of rotatable bonds is 6. The first kappa shape index (κ1) is 25.0. The summed E-state index contributed by atoms with van der Waals surface area (Å²) in [5.41, 5.74) is 6.05. The molecule has 1 fully saturated rings. The highest BCUT2D eigenvalue weighted by Gasteiger charge is 2.29. The molecule has 1 aliphatic rings. The second kappa shape index (κ2) is 10.1. The van der Waals surface area contributed by atoms with Crippen LogP contribution in [-0.2, 0) is 14.8 Å². The molecule has 0 saturated heterocycles. The van der Waals surface area contributed by atoms with Gasteiger partial charge in [-0.25, -0.2) is 13.8 Å². The Bertz CT molecular complexity index is 1110. The summed E-state index contributed by atoms with van der Waals surface area (Å²) in [6.07, 6.45) is 3.81. The Morgan fingerprint density at radius 1 is 1.03 bits per heavy atom. The van der Waals surface area contributed by atoms with E-state index in [4.69, 9.17) is 0 Å². The fourth-order valence-corrected chi connectivity index (χ4v) is 5.70. The van der Waals surface area contributed by atoms with E-state index in [0.29, 0.717) is 11.6 Å². The molecule has 33 heavy (non-hydrogen) atoms. The smallest absolute Gasteiger partial charge is 0.264 e. The number of amides is 1. The van der Waals surface area contributed by atoms with Crippen LogP contribution < -0.4 is 9.73 Å². The molecule has 6 nitrogen and oxygen atoms in total. The van der Waals surface area contributed by atoms with E-state index in [1.54, 1.807) is 36.4 Å². The molecule has 1 saturated carbocycles.